The van der Waals surface area contributed by atoms with E-state index >= 15 is 0 Å². The molecule has 0 saturated heterocycles. The van der Waals surface area contributed by atoms with Crippen LogP contribution in [0.4, 0.5) is 0 Å². The number of hydrogen-bond acceptors (Lipinski definition) is 3. The summed E-state index contributed by atoms with van der Waals surface area (Å²) in [6.07, 6.45) is 2.10. The van der Waals surface area contributed by atoms with Crippen molar-refractivity contribution in [1.82, 2.24) is 4.72 Å². The first-order valence-electron chi connectivity index (χ1n) is 7.32. The Morgan fingerprint density at radius 3 is 2.32 bits per heavy atom. The van der Waals surface area contributed by atoms with Gasteiger partial charge in [0.25, 0.3) is 0 Å². The molecule has 0 aliphatic heterocycles. The van der Waals surface area contributed by atoms with E-state index in [1.165, 1.54) is 7.11 Å². The Bertz CT molecular complexity index is 740. The second-order valence-electron chi connectivity index (χ2n) is 5.50. The van der Waals surface area contributed by atoms with Gasteiger partial charge >= 0.3 is 0 Å². The fraction of sp³-hybridized carbons (Fsp3) is 0.294. The van der Waals surface area contributed by atoms with Crippen molar-refractivity contribution in [2.75, 3.05) is 7.11 Å². The summed E-state index contributed by atoms with van der Waals surface area (Å²) in [7, 11) is -2.15. The molecule has 0 spiro atoms. The summed E-state index contributed by atoms with van der Waals surface area (Å²) in [6.45, 7) is 0. The lowest BCUT2D eigenvalue weighted by molar-refractivity contribution is 0.401. The summed E-state index contributed by atoms with van der Waals surface area (Å²) in [5, 5.41) is 0. The fourth-order valence-corrected chi connectivity index (χ4v) is 4.06. The van der Waals surface area contributed by atoms with Crippen molar-refractivity contribution in [2.45, 2.75) is 23.8 Å². The molecule has 116 valence electrons. The molecular formula is C17H19NO3S. The van der Waals surface area contributed by atoms with Gasteiger partial charge in [0.15, 0.2) is 0 Å². The number of rotatable bonds is 6. The minimum atomic E-state index is -3.63. The van der Waals surface area contributed by atoms with E-state index in [4.69, 9.17) is 4.74 Å². The topological polar surface area (TPSA) is 55.4 Å². The highest BCUT2D eigenvalue weighted by Gasteiger charge is 2.35. The lowest BCUT2D eigenvalue weighted by Crippen LogP contribution is -2.30. The lowest BCUT2D eigenvalue weighted by Gasteiger charge is -2.19. The van der Waals surface area contributed by atoms with Crippen molar-refractivity contribution in [3.63, 3.8) is 0 Å². The van der Waals surface area contributed by atoms with Gasteiger partial charge in [-0.3, -0.25) is 0 Å². The van der Waals surface area contributed by atoms with Crippen LogP contribution in [0.1, 0.15) is 24.4 Å². The smallest absolute Gasteiger partial charge is 0.244 e. The van der Waals surface area contributed by atoms with Crippen LogP contribution in [-0.2, 0) is 10.0 Å². The lowest BCUT2D eigenvalue weighted by atomic mass is 10.0. The maximum atomic E-state index is 12.7. The van der Waals surface area contributed by atoms with Gasteiger partial charge in [-0.25, -0.2) is 13.1 Å². The molecule has 0 heterocycles. The molecule has 0 amide bonds. The van der Waals surface area contributed by atoms with Gasteiger partial charge in [-0.15, -0.1) is 0 Å². The molecule has 1 unspecified atom stereocenters. The predicted octanol–water partition coefficient (Wildman–Crippen LogP) is 3.12. The number of ether oxygens (including phenoxy) is 1. The largest absolute Gasteiger partial charge is 0.495 e. The van der Waals surface area contributed by atoms with Gasteiger partial charge in [-0.1, -0.05) is 42.5 Å². The SMILES string of the molecule is COc1ccccc1S(=O)(=O)NC(c1ccccc1)C1CC1. The van der Waals surface area contributed by atoms with E-state index in [1.807, 2.05) is 30.3 Å². The molecule has 0 radical (unpaired) electrons. The van der Waals surface area contributed by atoms with Gasteiger partial charge < -0.3 is 4.74 Å². The van der Waals surface area contributed by atoms with Crippen molar-refractivity contribution in [3.05, 3.63) is 60.2 Å². The summed E-state index contributed by atoms with van der Waals surface area (Å²) in [4.78, 5) is 0.180. The average molecular weight is 317 g/mol. The molecule has 3 rings (SSSR count). The maximum absolute atomic E-state index is 12.7. The van der Waals surface area contributed by atoms with E-state index in [1.54, 1.807) is 24.3 Å². The summed E-state index contributed by atoms with van der Waals surface area (Å²) in [5.41, 5.74) is 1.00. The first-order valence-corrected chi connectivity index (χ1v) is 8.80. The molecule has 1 saturated carbocycles. The van der Waals surface area contributed by atoms with Crippen molar-refractivity contribution in [3.8, 4) is 5.75 Å². The Balaban J connectivity index is 1.92. The van der Waals surface area contributed by atoms with E-state index in [2.05, 4.69) is 4.72 Å². The zero-order valence-electron chi connectivity index (χ0n) is 12.4. The number of sulfonamides is 1. The number of para-hydroxylation sites is 1. The molecular weight excluding hydrogens is 298 g/mol. The van der Waals surface area contributed by atoms with E-state index in [-0.39, 0.29) is 10.9 Å². The van der Waals surface area contributed by atoms with Gasteiger partial charge in [0, 0.05) is 6.04 Å². The summed E-state index contributed by atoms with van der Waals surface area (Å²) in [5.74, 6) is 0.726. The highest BCUT2D eigenvalue weighted by atomic mass is 32.2. The third-order valence-electron chi connectivity index (χ3n) is 3.89. The van der Waals surface area contributed by atoms with Gasteiger partial charge in [0.2, 0.25) is 10.0 Å². The van der Waals surface area contributed by atoms with Gasteiger partial charge in [-0.05, 0) is 36.5 Å². The zero-order valence-corrected chi connectivity index (χ0v) is 13.2. The third kappa shape index (κ3) is 3.15. The molecule has 2 aromatic carbocycles. The van der Waals surface area contributed by atoms with Crippen LogP contribution in [0.15, 0.2) is 59.5 Å². The van der Waals surface area contributed by atoms with Crippen molar-refractivity contribution in [1.29, 1.82) is 0 Å². The van der Waals surface area contributed by atoms with Crippen LogP contribution in [0, 0.1) is 5.92 Å². The third-order valence-corrected chi connectivity index (χ3v) is 5.37. The second-order valence-corrected chi connectivity index (χ2v) is 7.18. The molecule has 1 aliphatic rings. The molecule has 5 heteroatoms. The summed E-state index contributed by atoms with van der Waals surface area (Å²) >= 11 is 0. The van der Waals surface area contributed by atoms with Crippen molar-refractivity contribution < 1.29 is 13.2 Å². The van der Waals surface area contributed by atoms with Crippen LogP contribution < -0.4 is 9.46 Å². The van der Waals surface area contributed by atoms with Gasteiger partial charge in [0.1, 0.15) is 10.6 Å². The van der Waals surface area contributed by atoms with E-state index in [0.717, 1.165) is 18.4 Å². The zero-order chi connectivity index (χ0) is 15.6. The van der Waals surface area contributed by atoms with Gasteiger partial charge in [0.05, 0.1) is 7.11 Å². The monoisotopic (exact) mass is 317 g/mol. The highest BCUT2D eigenvalue weighted by molar-refractivity contribution is 7.89. The quantitative estimate of drug-likeness (QED) is 0.890. The Morgan fingerprint density at radius 1 is 1.05 bits per heavy atom. The molecule has 1 aliphatic carbocycles. The van der Waals surface area contributed by atoms with Crippen LogP contribution >= 0.6 is 0 Å². The first-order chi connectivity index (χ1) is 10.6. The Hall–Kier alpha value is -1.85. The minimum absolute atomic E-state index is 0.180. The van der Waals surface area contributed by atoms with Crippen LogP contribution in [0.2, 0.25) is 0 Å². The van der Waals surface area contributed by atoms with E-state index < -0.39 is 10.0 Å². The number of benzene rings is 2. The van der Waals surface area contributed by atoms with Crippen LogP contribution in [0.3, 0.4) is 0 Å². The van der Waals surface area contributed by atoms with Crippen LogP contribution in [0.5, 0.6) is 5.75 Å². The fourth-order valence-electron chi connectivity index (χ4n) is 2.60. The highest BCUT2D eigenvalue weighted by Crippen LogP contribution is 2.42. The van der Waals surface area contributed by atoms with Crippen LogP contribution in [-0.4, -0.2) is 15.5 Å². The molecule has 1 N–H and O–H groups in total. The van der Waals surface area contributed by atoms with Crippen LogP contribution in [0.25, 0.3) is 0 Å². The second kappa shape index (κ2) is 6.10. The Kier molecular flexibility index (Phi) is 4.18. The summed E-state index contributed by atoms with van der Waals surface area (Å²) in [6, 6.07) is 16.2. The predicted molar refractivity (Wildman–Crippen MR) is 85.2 cm³/mol. The molecule has 1 atom stereocenters. The standard InChI is InChI=1S/C17H19NO3S/c1-21-15-9-5-6-10-16(15)22(19,20)18-17(14-11-12-14)13-7-3-2-4-8-13/h2-10,14,17-18H,11-12H2,1H3. The normalized spacial score (nSPS) is 16.2. The Morgan fingerprint density at radius 2 is 1.68 bits per heavy atom. The number of nitrogens with one attached hydrogen (secondary N) is 1. The van der Waals surface area contributed by atoms with Gasteiger partial charge in [-0.2, -0.15) is 0 Å². The molecule has 1 fully saturated rings. The molecule has 0 bridgehead atoms. The van der Waals surface area contributed by atoms with Crippen molar-refractivity contribution in [2.24, 2.45) is 5.92 Å². The first kappa shape index (κ1) is 15.1. The average Bonchev–Trinajstić information content (AvgIpc) is 3.38. The maximum Gasteiger partial charge on any atom is 0.244 e. The molecule has 4 nitrogen and oxygen atoms in total. The minimum Gasteiger partial charge on any atom is -0.495 e. The summed E-state index contributed by atoms with van der Waals surface area (Å²) < 4.78 is 33.5. The Labute approximate surface area is 131 Å². The van der Waals surface area contributed by atoms with E-state index in [0.29, 0.717) is 11.7 Å². The van der Waals surface area contributed by atoms with E-state index in [9.17, 15) is 8.42 Å². The van der Waals surface area contributed by atoms with Crippen molar-refractivity contribution >= 4 is 10.0 Å². The number of methoxy groups -OCH3 is 1. The number of hydrogen-bond donors (Lipinski definition) is 1. The molecule has 0 aromatic heterocycles. The molecule has 2 aromatic rings. The molecule has 22 heavy (non-hydrogen) atoms.